The Labute approximate surface area is 237 Å². The van der Waals surface area contributed by atoms with Crippen molar-refractivity contribution in [1.29, 1.82) is 0 Å². The quantitative estimate of drug-likeness (QED) is 0.299. The lowest BCUT2D eigenvalue weighted by atomic mass is 10.2. The molecule has 11 heteroatoms. The summed E-state index contributed by atoms with van der Waals surface area (Å²) >= 11 is 0. The van der Waals surface area contributed by atoms with Gasteiger partial charge in [-0.2, -0.15) is 0 Å². The number of nitrogens with one attached hydrogen (secondary N) is 1. The van der Waals surface area contributed by atoms with Gasteiger partial charge in [-0.3, -0.25) is 4.79 Å². The third-order valence-electron chi connectivity index (χ3n) is 7.31. The van der Waals surface area contributed by atoms with Gasteiger partial charge in [-0.05, 0) is 62.2 Å². The molecule has 1 saturated heterocycles. The summed E-state index contributed by atoms with van der Waals surface area (Å²) in [5.74, 6) is 2.59. The molecule has 4 heterocycles. The Bertz CT molecular complexity index is 1770. The van der Waals surface area contributed by atoms with E-state index in [-0.39, 0.29) is 11.9 Å². The second-order valence-electron chi connectivity index (χ2n) is 10.2. The van der Waals surface area contributed by atoms with Crippen molar-refractivity contribution in [3.8, 4) is 11.5 Å². The molecule has 41 heavy (non-hydrogen) atoms. The molecule has 1 atom stereocenters. The first-order chi connectivity index (χ1) is 19.9. The number of benzene rings is 2. The van der Waals surface area contributed by atoms with Gasteiger partial charge in [-0.1, -0.05) is 6.58 Å². The van der Waals surface area contributed by atoms with Crippen LogP contribution in [0.2, 0.25) is 0 Å². The summed E-state index contributed by atoms with van der Waals surface area (Å²) in [7, 11) is 1.97. The second kappa shape index (κ2) is 10.8. The zero-order chi connectivity index (χ0) is 28.5. The summed E-state index contributed by atoms with van der Waals surface area (Å²) in [6, 6.07) is 11.8. The molecule has 1 fully saturated rings. The molecular weight excluding hydrogens is 518 g/mol. The number of aryl methyl sites for hydroxylation is 2. The Morgan fingerprint density at radius 2 is 1.98 bits per heavy atom. The summed E-state index contributed by atoms with van der Waals surface area (Å²) in [6.07, 6.45) is 7.19. The van der Waals surface area contributed by atoms with Gasteiger partial charge in [-0.25, -0.2) is 24.9 Å². The SMILES string of the molecule is C=CC(=O)N1CCCN(c2ncc3ncnc(Nc4ccc(Oc5ccc6c(c5)ncn6C)c(C)c4)c3n2)C[C@H]1C. The van der Waals surface area contributed by atoms with Crippen LogP contribution in [0.15, 0.2) is 67.9 Å². The van der Waals surface area contributed by atoms with E-state index in [1.165, 1.54) is 12.4 Å². The molecule has 6 rings (SSSR count). The maximum absolute atomic E-state index is 12.3. The van der Waals surface area contributed by atoms with Gasteiger partial charge in [0.25, 0.3) is 0 Å². The van der Waals surface area contributed by atoms with Crippen molar-refractivity contribution in [2.75, 3.05) is 29.9 Å². The number of nitrogens with zero attached hydrogens (tertiary/aromatic N) is 8. The van der Waals surface area contributed by atoms with E-state index in [2.05, 4.69) is 36.7 Å². The molecule has 0 bridgehead atoms. The van der Waals surface area contributed by atoms with E-state index in [1.54, 1.807) is 12.5 Å². The van der Waals surface area contributed by atoms with E-state index >= 15 is 0 Å². The van der Waals surface area contributed by atoms with E-state index in [0.717, 1.165) is 46.7 Å². The van der Waals surface area contributed by atoms with E-state index in [9.17, 15) is 4.79 Å². The van der Waals surface area contributed by atoms with E-state index < -0.39 is 0 Å². The fourth-order valence-electron chi connectivity index (χ4n) is 5.16. The Kier molecular flexibility index (Phi) is 6.92. The lowest BCUT2D eigenvalue weighted by Crippen LogP contribution is -2.42. The first-order valence-corrected chi connectivity index (χ1v) is 13.5. The lowest BCUT2D eigenvalue weighted by Gasteiger charge is -2.28. The maximum atomic E-state index is 12.3. The predicted octanol–water partition coefficient (Wildman–Crippen LogP) is 4.76. The fraction of sp³-hybridized carbons (Fsp3) is 0.267. The van der Waals surface area contributed by atoms with Gasteiger partial charge in [0, 0.05) is 44.5 Å². The summed E-state index contributed by atoms with van der Waals surface area (Å²) in [5, 5.41) is 3.39. The van der Waals surface area contributed by atoms with Crippen LogP contribution in [0.3, 0.4) is 0 Å². The molecule has 0 aliphatic carbocycles. The Balaban J connectivity index is 1.22. The Hall–Kier alpha value is -5.06. The van der Waals surface area contributed by atoms with Crippen molar-refractivity contribution in [3.05, 3.63) is 73.5 Å². The molecule has 1 amide bonds. The van der Waals surface area contributed by atoms with Crippen molar-refractivity contribution in [3.63, 3.8) is 0 Å². The van der Waals surface area contributed by atoms with Crippen LogP contribution in [0.4, 0.5) is 17.5 Å². The molecule has 0 radical (unpaired) electrons. The number of carbonyl (C=O) groups excluding carboxylic acids is 1. The number of rotatable bonds is 6. The number of fused-ring (bicyclic) bond motifs is 2. The molecule has 1 aliphatic heterocycles. The molecule has 11 nitrogen and oxygen atoms in total. The van der Waals surface area contributed by atoms with Crippen LogP contribution in [-0.4, -0.2) is 66.0 Å². The number of amides is 1. The predicted molar refractivity (Wildman–Crippen MR) is 159 cm³/mol. The van der Waals surface area contributed by atoms with Crippen molar-refractivity contribution >= 4 is 45.4 Å². The molecule has 1 N–H and O–H groups in total. The van der Waals surface area contributed by atoms with Crippen LogP contribution in [0, 0.1) is 6.92 Å². The molecule has 1 aliphatic rings. The summed E-state index contributed by atoms with van der Waals surface area (Å²) in [4.78, 5) is 38.9. The topological polar surface area (TPSA) is 114 Å². The van der Waals surface area contributed by atoms with Gasteiger partial charge in [0.1, 0.15) is 28.9 Å². The number of anilines is 3. The summed E-state index contributed by atoms with van der Waals surface area (Å²) in [5.41, 5.74) is 5.00. The average molecular weight is 550 g/mol. The maximum Gasteiger partial charge on any atom is 0.246 e. The van der Waals surface area contributed by atoms with E-state index in [0.29, 0.717) is 35.9 Å². The Morgan fingerprint density at radius 3 is 2.80 bits per heavy atom. The highest BCUT2D eigenvalue weighted by molar-refractivity contribution is 5.88. The molecule has 208 valence electrons. The molecule has 0 unspecified atom stereocenters. The van der Waals surface area contributed by atoms with Gasteiger partial charge in [0.15, 0.2) is 5.82 Å². The first kappa shape index (κ1) is 26.2. The molecule has 2 aromatic carbocycles. The fourth-order valence-corrected chi connectivity index (χ4v) is 5.16. The van der Waals surface area contributed by atoms with Crippen LogP contribution < -0.4 is 15.0 Å². The number of hydrogen-bond donors (Lipinski definition) is 1. The van der Waals surface area contributed by atoms with Crippen LogP contribution in [-0.2, 0) is 11.8 Å². The first-order valence-electron chi connectivity index (χ1n) is 13.5. The highest BCUT2D eigenvalue weighted by atomic mass is 16.5. The van der Waals surface area contributed by atoms with Crippen molar-refractivity contribution in [1.82, 2.24) is 34.4 Å². The third-order valence-corrected chi connectivity index (χ3v) is 7.31. The number of hydrogen-bond acceptors (Lipinski definition) is 9. The minimum absolute atomic E-state index is 0.00138. The van der Waals surface area contributed by atoms with Crippen LogP contribution in [0.25, 0.3) is 22.1 Å². The van der Waals surface area contributed by atoms with Crippen molar-refractivity contribution < 1.29 is 9.53 Å². The summed E-state index contributed by atoms with van der Waals surface area (Å²) < 4.78 is 8.15. The van der Waals surface area contributed by atoms with Crippen LogP contribution >= 0.6 is 0 Å². The second-order valence-corrected chi connectivity index (χ2v) is 10.2. The minimum atomic E-state index is -0.0559. The van der Waals surface area contributed by atoms with Crippen molar-refractivity contribution in [2.45, 2.75) is 26.3 Å². The highest BCUT2D eigenvalue weighted by Gasteiger charge is 2.25. The largest absolute Gasteiger partial charge is 0.457 e. The van der Waals surface area contributed by atoms with Gasteiger partial charge < -0.3 is 24.4 Å². The van der Waals surface area contributed by atoms with Crippen LogP contribution in [0.1, 0.15) is 18.9 Å². The standard InChI is InChI=1S/C30H31N9O2/c1-5-27(40)39-12-6-11-38(16-20(39)3)30-31-15-24-28(36-30)29(33-17-32-24)35-21-7-10-26(19(2)13-21)41-22-8-9-25-23(14-22)34-18-37(25)4/h5,7-10,13-15,17-18,20H,1,6,11-12,16H2,2-4H3,(H,32,33,35)/t20-/m1/s1. The lowest BCUT2D eigenvalue weighted by molar-refractivity contribution is -0.127. The van der Waals surface area contributed by atoms with Gasteiger partial charge >= 0.3 is 0 Å². The zero-order valence-corrected chi connectivity index (χ0v) is 23.3. The van der Waals surface area contributed by atoms with Gasteiger partial charge in [-0.15, -0.1) is 0 Å². The van der Waals surface area contributed by atoms with E-state index in [4.69, 9.17) is 9.72 Å². The molecule has 0 saturated carbocycles. The smallest absolute Gasteiger partial charge is 0.246 e. The molecular formula is C30H31N9O2. The number of ether oxygens (including phenoxy) is 1. The average Bonchev–Trinajstić information content (AvgIpc) is 3.23. The highest BCUT2D eigenvalue weighted by Crippen LogP contribution is 2.31. The summed E-state index contributed by atoms with van der Waals surface area (Å²) in [6.45, 7) is 9.69. The number of carbonyl (C=O) groups is 1. The third kappa shape index (κ3) is 5.25. The normalized spacial score (nSPS) is 15.6. The molecule has 3 aromatic heterocycles. The van der Waals surface area contributed by atoms with Crippen LogP contribution in [0.5, 0.6) is 11.5 Å². The van der Waals surface area contributed by atoms with E-state index in [1.807, 2.05) is 66.8 Å². The van der Waals surface area contributed by atoms with Gasteiger partial charge in [0.05, 0.1) is 23.6 Å². The Morgan fingerprint density at radius 1 is 1.10 bits per heavy atom. The number of aromatic nitrogens is 6. The zero-order valence-electron chi connectivity index (χ0n) is 23.3. The van der Waals surface area contributed by atoms with Crippen molar-refractivity contribution in [2.24, 2.45) is 7.05 Å². The van der Waals surface area contributed by atoms with Gasteiger partial charge in [0.2, 0.25) is 11.9 Å². The number of imidazole rings is 1. The molecule has 0 spiro atoms. The molecule has 5 aromatic rings. The minimum Gasteiger partial charge on any atom is -0.457 e. The monoisotopic (exact) mass is 549 g/mol.